The Balaban J connectivity index is 1.01. The van der Waals surface area contributed by atoms with Crippen molar-refractivity contribution in [2.24, 2.45) is 0 Å². The van der Waals surface area contributed by atoms with E-state index in [2.05, 4.69) is 224 Å². The third kappa shape index (κ3) is 6.16. The van der Waals surface area contributed by atoms with E-state index in [0.717, 1.165) is 111 Å². The second-order valence-electron chi connectivity index (χ2n) is 22.0. The van der Waals surface area contributed by atoms with Gasteiger partial charge in [0.15, 0.2) is 22.5 Å². The molecule has 7 heteroatoms. The highest BCUT2D eigenvalue weighted by Crippen LogP contribution is 2.64. The number of furan rings is 2. The smallest absolute Gasteiger partial charge is 0.187 e. The Morgan fingerprint density at radius 2 is 0.821 bits per heavy atom. The average molecular weight is 1070 g/mol. The summed E-state index contributed by atoms with van der Waals surface area (Å²) in [4.78, 5) is 12.3. The molecule has 1 aliphatic carbocycles. The molecule has 84 heavy (non-hydrogen) atoms. The van der Waals surface area contributed by atoms with Gasteiger partial charge in [0, 0.05) is 55.1 Å². The number of hydrogen-bond acceptors (Lipinski definition) is 4. The van der Waals surface area contributed by atoms with E-state index < -0.39 is 5.41 Å². The van der Waals surface area contributed by atoms with Crippen molar-refractivity contribution >= 4 is 133 Å². The second-order valence-corrected chi connectivity index (χ2v) is 22.0. The zero-order chi connectivity index (χ0) is 55.4. The Hall–Kier alpha value is -11.6. The largest absolute Gasteiger partial charge is 0.454 e. The molecule has 0 fully saturated rings. The lowest BCUT2D eigenvalue weighted by atomic mass is 9.65. The van der Waals surface area contributed by atoms with E-state index in [4.69, 9.17) is 22.0 Å². The summed E-state index contributed by atoms with van der Waals surface area (Å²) in [6.07, 6.45) is 0. The van der Waals surface area contributed by atoms with E-state index in [1.807, 2.05) is 60.7 Å². The van der Waals surface area contributed by atoms with Crippen molar-refractivity contribution in [2.45, 2.75) is 5.41 Å². The van der Waals surface area contributed by atoms with Crippen molar-refractivity contribution in [1.82, 2.24) is 4.57 Å². The van der Waals surface area contributed by atoms with E-state index >= 15 is 0 Å². The molecule has 0 saturated heterocycles. The topological polar surface area (TPSA) is 46.4 Å². The quantitative estimate of drug-likeness (QED) is 0.156. The van der Waals surface area contributed by atoms with Crippen LogP contribution in [0.4, 0.5) is 45.5 Å². The Morgan fingerprint density at radius 1 is 0.345 bits per heavy atom. The Morgan fingerprint density at radius 3 is 1.39 bits per heavy atom. The molecule has 2 aliphatic rings. The summed E-state index contributed by atoms with van der Waals surface area (Å²) in [5.74, 6) is 0. The maximum absolute atomic E-state index is 8.03. The first-order valence-electron chi connectivity index (χ1n) is 28.2. The number of para-hydroxylation sites is 5. The maximum Gasteiger partial charge on any atom is 0.187 e. The van der Waals surface area contributed by atoms with E-state index in [0.29, 0.717) is 11.4 Å². The minimum atomic E-state index is -0.824. The number of fused-ring (bicyclic) bond motifs is 22. The van der Waals surface area contributed by atoms with Crippen LogP contribution in [0.2, 0.25) is 0 Å². The monoisotopic (exact) mass is 1070 g/mol. The van der Waals surface area contributed by atoms with Gasteiger partial charge in [-0.25, -0.2) is 9.69 Å². The molecular weight excluding hydrogens is 1030 g/mol. The highest BCUT2D eigenvalue weighted by molar-refractivity contribution is 6.19. The van der Waals surface area contributed by atoms with Crippen molar-refractivity contribution in [3.05, 3.63) is 306 Å². The number of rotatable bonds is 6. The van der Waals surface area contributed by atoms with Gasteiger partial charge in [-0.05, 0) is 140 Å². The maximum atomic E-state index is 8.03. The summed E-state index contributed by atoms with van der Waals surface area (Å²) in [7, 11) is 0. The lowest BCUT2D eigenvalue weighted by Gasteiger charge is -2.40. The number of benzene rings is 13. The van der Waals surface area contributed by atoms with Gasteiger partial charge in [-0.3, -0.25) is 0 Å². The molecule has 4 heterocycles. The normalized spacial score (nSPS) is 12.8. The minimum Gasteiger partial charge on any atom is -0.454 e. The third-order valence-electron chi connectivity index (χ3n) is 17.9. The molecule has 0 N–H and O–H groups in total. The van der Waals surface area contributed by atoms with Crippen molar-refractivity contribution in [3.8, 4) is 16.8 Å². The van der Waals surface area contributed by atoms with E-state index in [1.165, 1.54) is 49.4 Å². The van der Waals surface area contributed by atoms with Gasteiger partial charge in [-0.1, -0.05) is 176 Å². The first kappa shape index (κ1) is 46.1. The minimum absolute atomic E-state index is 0.558. The van der Waals surface area contributed by atoms with Crippen LogP contribution in [0.3, 0.4) is 0 Å². The van der Waals surface area contributed by atoms with Crippen molar-refractivity contribution in [2.75, 3.05) is 9.80 Å². The summed E-state index contributed by atoms with van der Waals surface area (Å²) in [6.45, 7) is 15.9. The number of nitrogens with zero attached hydrogens (tertiary/aromatic N) is 5. The molecule has 1 spiro atoms. The lowest BCUT2D eigenvalue weighted by Crippen LogP contribution is -2.33. The molecular formula is C77H43N5O2. The van der Waals surface area contributed by atoms with Crippen LogP contribution in [-0.4, -0.2) is 4.57 Å². The van der Waals surface area contributed by atoms with Crippen molar-refractivity contribution < 1.29 is 8.83 Å². The molecule has 18 rings (SSSR count). The molecule has 0 saturated carbocycles. The summed E-state index contributed by atoms with van der Waals surface area (Å²) >= 11 is 0. The SMILES string of the molecule is [C-]#[N+]c1ccc(N(c2ccc3c(c2)c2cc(N(c4ccc([N+]#[C-])cc4)c4cccc5c4oc4ccccc45)cc4c2n3-c2ccccc2C42c3ccc4ccccc4c3-c3c2ccc2ccccc32)c2cccc3c2oc2ccccc23)cc1. The number of aromatic nitrogens is 1. The Bertz CT molecular complexity index is 5530. The molecule has 0 bridgehead atoms. The van der Waals surface area contributed by atoms with Gasteiger partial charge >= 0.3 is 0 Å². The zero-order valence-electron chi connectivity index (χ0n) is 44.9. The van der Waals surface area contributed by atoms with Crippen molar-refractivity contribution in [3.63, 3.8) is 0 Å². The first-order chi connectivity index (χ1) is 41.6. The standard InChI is InChI=1S/C77H43N5O2/c1-78-48-31-35-50(36-32-48)80(68-25-13-21-58-56-19-7-11-27-70(56)83-75(58)68)52-39-42-66-60(43-52)61-44-53(81(51-37-33-49(79-2)34-38-51)69-26-14-22-59-57-20-8-12-28-71(57)84-76(59)69)45-65-74(61)82(66)67-24-10-9-23-62(67)77(65)63-40-29-46-15-3-5-17-54(46)72(63)73-55-18-6-4-16-47(55)30-41-64(73)77/h3-45H. The fourth-order valence-corrected chi connectivity index (χ4v) is 14.5. The van der Waals surface area contributed by atoms with Crippen LogP contribution in [0, 0.1) is 13.1 Å². The van der Waals surface area contributed by atoms with Crippen LogP contribution < -0.4 is 9.80 Å². The second kappa shape index (κ2) is 17.2. The lowest BCUT2D eigenvalue weighted by molar-refractivity contribution is 0.668. The predicted octanol–water partition coefficient (Wildman–Crippen LogP) is 21.6. The zero-order valence-corrected chi connectivity index (χ0v) is 44.9. The van der Waals surface area contributed by atoms with E-state index in [1.54, 1.807) is 0 Å². The first-order valence-corrected chi connectivity index (χ1v) is 28.2. The van der Waals surface area contributed by atoms with Gasteiger partial charge in [0.25, 0.3) is 0 Å². The molecule has 0 atom stereocenters. The summed E-state index contributed by atoms with van der Waals surface area (Å²) in [5.41, 5.74) is 19.4. The fourth-order valence-electron chi connectivity index (χ4n) is 14.5. The van der Waals surface area contributed by atoms with Gasteiger partial charge in [0.1, 0.15) is 11.2 Å². The molecule has 388 valence electrons. The Labute approximate surface area is 481 Å². The summed E-state index contributed by atoms with van der Waals surface area (Å²) in [5, 5.41) is 11.1. The Kier molecular flexibility index (Phi) is 9.44. The van der Waals surface area contributed by atoms with Crippen LogP contribution in [0.5, 0.6) is 0 Å². The average Bonchev–Trinajstić information content (AvgIpc) is 1.62. The molecule has 0 radical (unpaired) electrons. The molecule has 0 amide bonds. The molecule has 0 unspecified atom stereocenters. The summed E-state index contributed by atoms with van der Waals surface area (Å²) < 4.78 is 16.3. The van der Waals surface area contributed by atoms with Crippen LogP contribution in [-0.2, 0) is 5.41 Å². The van der Waals surface area contributed by atoms with E-state index in [-0.39, 0.29) is 0 Å². The molecule has 3 aromatic heterocycles. The van der Waals surface area contributed by atoms with Gasteiger partial charge in [-0.15, -0.1) is 0 Å². The van der Waals surface area contributed by atoms with Crippen LogP contribution in [0.15, 0.2) is 270 Å². The van der Waals surface area contributed by atoms with Gasteiger partial charge < -0.3 is 23.2 Å². The predicted molar refractivity (Wildman–Crippen MR) is 343 cm³/mol. The molecule has 13 aromatic carbocycles. The molecule has 16 aromatic rings. The van der Waals surface area contributed by atoms with Gasteiger partial charge in [0.05, 0.1) is 46.7 Å². The summed E-state index contributed by atoms with van der Waals surface area (Å²) in [6, 6.07) is 93.0. The number of hydrogen-bond donors (Lipinski definition) is 0. The fraction of sp³-hybridized carbons (Fsp3) is 0.0130. The van der Waals surface area contributed by atoms with Gasteiger partial charge in [0.2, 0.25) is 0 Å². The molecule has 1 aliphatic heterocycles. The van der Waals surface area contributed by atoms with Crippen LogP contribution in [0.1, 0.15) is 22.3 Å². The van der Waals surface area contributed by atoms with Crippen LogP contribution in [0.25, 0.3) is 114 Å². The van der Waals surface area contributed by atoms with Crippen LogP contribution >= 0.6 is 0 Å². The van der Waals surface area contributed by atoms with Crippen molar-refractivity contribution in [1.29, 1.82) is 0 Å². The van der Waals surface area contributed by atoms with Gasteiger partial charge in [-0.2, -0.15) is 0 Å². The number of anilines is 6. The van der Waals surface area contributed by atoms with E-state index in [9.17, 15) is 0 Å². The highest BCUT2D eigenvalue weighted by atomic mass is 16.3. The highest BCUT2D eigenvalue weighted by Gasteiger charge is 2.52. The third-order valence-corrected chi connectivity index (χ3v) is 17.9. The molecule has 7 nitrogen and oxygen atoms in total.